The molecular formula is C13H35ClN4O4Si. The van der Waals surface area contributed by atoms with Crippen LogP contribution < -0.4 is 28.4 Å². The van der Waals surface area contributed by atoms with Gasteiger partial charge in [-0.15, -0.1) is 0 Å². The van der Waals surface area contributed by atoms with Crippen LogP contribution in [0.2, 0.25) is 6.04 Å². The van der Waals surface area contributed by atoms with Crippen LogP contribution in [-0.2, 0) is 0 Å². The summed E-state index contributed by atoms with van der Waals surface area (Å²) in [5.74, 6) is 0. The molecule has 0 aromatic heterocycles. The summed E-state index contributed by atoms with van der Waals surface area (Å²) in [7, 11) is 2.31. The molecule has 0 bridgehead atoms. The maximum atomic E-state index is 9.81. The molecule has 1 atom stereocenters. The van der Waals surface area contributed by atoms with Gasteiger partial charge in [-0.05, 0) is 13.0 Å². The van der Waals surface area contributed by atoms with Crippen molar-refractivity contribution in [3.05, 3.63) is 0 Å². The van der Waals surface area contributed by atoms with E-state index < -0.39 is 8.80 Å². The number of halogens is 1. The number of nitrogens with zero attached hydrogens (tertiary/aromatic N) is 1. The minimum absolute atomic E-state index is 0. The molecule has 0 fully saturated rings. The monoisotopic (exact) mass is 374 g/mol. The number of hydrogen-bond donors (Lipinski definition) is 7. The second kappa shape index (κ2) is 13.5. The molecule has 0 aliphatic rings. The standard InChI is InChI=1S/C13H35N4O4Si.ClH/c1-17(2,3)12-13(18)11-16-9-8-15-7-6-14-5-4-10-22(19,20)21;/h13-16,18-21H,4-12H2,1-3H3;1H/q+1;/p-1. The molecule has 0 saturated carbocycles. The first-order valence-electron chi connectivity index (χ1n) is 7.88. The summed E-state index contributed by atoms with van der Waals surface area (Å²) >= 11 is 0. The van der Waals surface area contributed by atoms with Crippen LogP contribution in [0.5, 0.6) is 0 Å². The molecule has 0 aromatic carbocycles. The van der Waals surface area contributed by atoms with E-state index >= 15 is 0 Å². The highest BCUT2D eigenvalue weighted by Crippen LogP contribution is 1.99. The third kappa shape index (κ3) is 22.2. The van der Waals surface area contributed by atoms with Crippen molar-refractivity contribution in [2.45, 2.75) is 18.6 Å². The molecule has 10 heteroatoms. The van der Waals surface area contributed by atoms with Crippen molar-refractivity contribution in [3.8, 4) is 0 Å². The fourth-order valence-corrected chi connectivity index (χ4v) is 2.67. The van der Waals surface area contributed by atoms with E-state index in [1.807, 2.05) is 0 Å². The third-order valence-electron chi connectivity index (χ3n) is 2.96. The molecule has 23 heavy (non-hydrogen) atoms. The van der Waals surface area contributed by atoms with Gasteiger partial charge in [-0.25, -0.2) is 0 Å². The maximum Gasteiger partial charge on any atom is 0.492 e. The zero-order chi connectivity index (χ0) is 17.1. The lowest BCUT2D eigenvalue weighted by atomic mass is 10.3. The Morgan fingerprint density at radius 2 is 1.35 bits per heavy atom. The van der Waals surface area contributed by atoms with Gasteiger partial charge in [-0.3, -0.25) is 0 Å². The summed E-state index contributed by atoms with van der Waals surface area (Å²) in [5.41, 5.74) is 0. The van der Waals surface area contributed by atoms with Gasteiger partial charge >= 0.3 is 8.80 Å². The topological polar surface area (TPSA) is 117 Å². The van der Waals surface area contributed by atoms with Crippen molar-refractivity contribution < 1.29 is 36.4 Å². The third-order valence-corrected chi connectivity index (χ3v) is 3.99. The van der Waals surface area contributed by atoms with Gasteiger partial charge in [0.25, 0.3) is 0 Å². The van der Waals surface area contributed by atoms with Gasteiger partial charge < -0.3 is 52.3 Å². The van der Waals surface area contributed by atoms with Crippen molar-refractivity contribution >= 4 is 8.80 Å². The van der Waals surface area contributed by atoms with Crippen molar-refractivity contribution in [1.29, 1.82) is 0 Å². The summed E-state index contributed by atoms with van der Waals surface area (Å²) in [6.45, 7) is 5.24. The van der Waals surface area contributed by atoms with Crippen LogP contribution in [0.15, 0.2) is 0 Å². The molecule has 8 nitrogen and oxygen atoms in total. The van der Waals surface area contributed by atoms with Gasteiger partial charge in [0.2, 0.25) is 0 Å². The van der Waals surface area contributed by atoms with Gasteiger partial charge in [0.15, 0.2) is 0 Å². The lowest BCUT2D eigenvalue weighted by Crippen LogP contribution is -3.00. The molecular weight excluding hydrogens is 340 g/mol. The molecule has 0 rings (SSSR count). The van der Waals surface area contributed by atoms with Crippen molar-refractivity contribution in [3.63, 3.8) is 0 Å². The zero-order valence-corrected chi connectivity index (χ0v) is 16.3. The van der Waals surface area contributed by atoms with Crippen LogP contribution in [0.4, 0.5) is 0 Å². The summed E-state index contributed by atoms with van der Waals surface area (Å²) in [6, 6.07) is 0.0763. The van der Waals surface area contributed by atoms with Crippen molar-refractivity contribution in [2.24, 2.45) is 0 Å². The van der Waals surface area contributed by atoms with Crippen LogP contribution in [-0.4, -0.2) is 106 Å². The Morgan fingerprint density at radius 3 is 1.83 bits per heavy atom. The predicted octanol–water partition coefficient (Wildman–Crippen LogP) is -5.87. The lowest BCUT2D eigenvalue weighted by molar-refractivity contribution is -0.873. The van der Waals surface area contributed by atoms with Crippen LogP contribution >= 0.6 is 0 Å². The van der Waals surface area contributed by atoms with Gasteiger partial charge in [0, 0.05) is 38.8 Å². The number of rotatable bonds is 14. The lowest BCUT2D eigenvalue weighted by Gasteiger charge is -2.26. The van der Waals surface area contributed by atoms with E-state index in [0.717, 1.165) is 37.2 Å². The Balaban J connectivity index is 0. The van der Waals surface area contributed by atoms with Crippen LogP contribution in [0.3, 0.4) is 0 Å². The summed E-state index contributed by atoms with van der Waals surface area (Å²) in [6.07, 6.45) is 0.225. The number of aliphatic hydroxyl groups is 1. The van der Waals surface area contributed by atoms with Crippen LogP contribution in [0.25, 0.3) is 0 Å². The van der Waals surface area contributed by atoms with E-state index in [0.29, 0.717) is 19.5 Å². The van der Waals surface area contributed by atoms with Crippen LogP contribution in [0, 0.1) is 0 Å². The molecule has 0 radical (unpaired) electrons. The second-order valence-corrected chi connectivity index (χ2v) is 8.76. The first kappa shape index (κ1) is 25.4. The number of nitrogens with one attached hydrogen (secondary N) is 3. The second-order valence-electron chi connectivity index (χ2n) is 6.71. The Kier molecular flexibility index (Phi) is 14.9. The molecule has 0 aromatic rings. The molecule has 0 amide bonds. The zero-order valence-electron chi connectivity index (χ0n) is 14.6. The molecule has 0 heterocycles. The molecule has 1 unspecified atom stereocenters. The molecule has 0 aliphatic carbocycles. The summed E-state index contributed by atoms with van der Waals surface area (Å²) in [4.78, 5) is 26.5. The summed E-state index contributed by atoms with van der Waals surface area (Å²) in [5, 5.41) is 19.4. The van der Waals surface area contributed by atoms with Crippen molar-refractivity contribution in [1.82, 2.24) is 16.0 Å². The minimum atomic E-state index is -3.86. The number of hydrogen-bond acceptors (Lipinski definition) is 7. The highest BCUT2D eigenvalue weighted by Gasteiger charge is 2.25. The smallest absolute Gasteiger partial charge is 0.492 e. The van der Waals surface area contributed by atoms with E-state index in [1.54, 1.807) is 0 Å². The molecule has 0 aliphatic heterocycles. The Hall–Kier alpha value is 0.187. The molecule has 0 saturated heterocycles. The highest BCUT2D eigenvalue weighted by atomic mass is 35.5. The number of quaternary nitrogens is 1. The van der Waals surface area contributed by atoms with E-state index in [4.69, 9.17) is 14.4 Å². The van der Waals surface area contributed by atoms with Gasteiger partial charge in [0.1, 0.15) is 12.6 Å². The molecule has 142 valence electrons. The van der Waals surface area contributed by atoms with Crippen LogP contribution in [0.1, 0.15) is 6.42 Å². The van der Waals surface area contributed by atoms with E-state index in [1.165, 1.54) is 0 Å². The first-order chi connectivity index (χ1) is 10.1. The normalized spacial score (nSPS) is 13.7. The molecule has 7 N–H and O–H groups in total. The average Bonchev–Trinajstić information content (AvgIpc) is 2.32. The minimum Gasteiger partial charge on any atom is -1.00 e. The first-order valence-corrected chi connectivity index (χ1v) is 9.93. The van der Waals surface area contributed by atoms with E-state index in [9.17, 15) is 5.11 Å². The predicted molar refractivity (Wildman–Crippen MR) is 89.3 cm³/mol. The molecule has 0 spiro atoms. The number of aliphatic hydroxyl groups excluding tert-OH is 1. The Bertz CT molecular complexity index is 278. The fraction of sp³-hybridized carbons (Fsp3) is 1.00. The quantitative estimate of drug-likeness (QED) is 0.0919. The Morgan fingerprint density at radius 1 is 0.870 bits per heavy atom. The Labute approximate surface area is 147 Å². The number of likely N-dealkylation sites (N-methyl/N-ethyl adjacent to an activating group) is 1. The van der Waals surface area contributed by atoms with E-state index in [2.05, 4.69) is 37.1 Å². The van der Waals surface area contributed by atoms with Gasteiger partial charge in [-0.2, -0.15) is 0 Å². The largest absolute Gasteiger partial charge is 1.00 e. The maximum absolute atomic E-state index is 9.81. The fourth-order valence-electron chi connectivity index (χ4n) is 2.02. The van der Waals surface area contributed by atoms with E-state index in [-0.39, 0.29) is 24.6 Å². The average molecular weight is 375 g/mol. The SMILES string of the molecule is C[N+](C)(C)CC(O)CNCCNCCNCCC[Si](O)(O)O.[Cl-]. The highest BCUT2D eigenvalue weighted by molar-refractivity contribution is 6.56. The summed E-state index contributed by atoms with van der Waals surface area (Å²) < 4.78 is 0.749. The van der Waals surface area contributed by atoms with Gasteiger partial charge in [-0.1, -0.05) is 0 Å². The van der Waals surface area contributed by atoms with Gasteiger partial charge in [0.05, 0.1) is 21.1 Å². The van der Waals surface area contributed by atoms with Crippen molar-refractivity contribution in [2.75, 3.05) is 67.0 Å².